The minimum atomic E-state index is 0.552. The average Bonchev–Trinajstić information content (AvgIpc) is 2.03. The fourth-order valence-electron chi connectivity index (χ4n) is 0.829. The smallest absolute Gasteiger partial charge is 0.193 e. The van der Waals surface area contributed by atoms with E-state index in [-0.39, 0.29) is 0 Å². The quantitative estimate of drug-likeness (QED) is 0.440. The number of benzene rings is 1. The zero-order valence-electron chi connectivity index (χ0n) is 6.60. The third-order valence-corrected chi connectivity index (χ3v) is 1.70. The van der Waals surface area contributed by atoms with E-state index in [1.165, 1.54) is 0 Å². The Labute approximate surface area is 76.4 Å². The van der Waals surface area contributed by atoms with Gasteiger partial charge in [-0.05, 0) is 30.5 Å². The molecular weight excluding hydrogens is 172 g/mol. The van der Waals surface area contributed by atoms with Gasteiger partial charge in [0.1, 0.15) is 0 Å². The van der Waals surface area contributed by atoms with Crippen molar-refractivity contribution in [1.29, 1.82) is 0 Å². The van der Waals surface area contributed by atoms with Crippen LogP contribution in [-0.2, 0) is 4.79 Å². The molecule has 0 saturated heterocycles. The summed E-state index contributed by atoms with van der Waals surface area (Å²) in [5, 5.41) is 0.587. The zero-order valence-corrected chi connectivity index (χ0v) is 7.35. The van der Waals surface area contributed by atoms with E-state index < -0.39 is 0 Å². The van der Waals surface area contributed by atoms with E-state index in [1.54, 1.807) is 6.07 Å². The van der Waals surface area contributed by atoms with Crippen molar-refractivity contribution >= 4 is 17.9 Å². The summed E-state index contributed by atoms with van der Waals surface area (Å²) in [7, 11) is 0. The highest BCUT2D eigenvalue weighted by molar-refractivity contribution is 6.31. The minimum absolute atomic E-state index is 0.552. The molecule has 0 unspecified atom stereocenters. The van der Waals surface area contributed by atoms with Crippen LogP contribution < -0.4 is 0 Å². The molecule has 60 valence electrons. The molecule has 1 nitrogen and oxygen atoms in total. The third-order valence-electron chi connectivity index (χ3n) is 1.39. The van der Waals surface area contributed by atoms with Gasteiger partial charge in [-0.2, -0.15) is 0 Å². The van der Waals surface area contributed by atoms with Crippen LogP contribution in [0.25, 0.3) is 0 Å². The zero-order chi connectivity index (χ0) is 8.97. The predicted molar refractivity (Wildman–Crippen MR) is 49.1 cm³/mol. The average molecular weight is 179 g/mol. The monoisotopic (exact) mass is 178 g/mol. The molecule has 0 amide bonds. The van der Waals surface area contributed by atoms with Crippen molar-refractivity contribution in [2.24, 2.45) is 0 Å². The maximum atomic E-state index is 9.94. The lowest BCUT2D eigenvalue weighted by molar-refractivity contribution is -0.103. The first-order valence-corrected chi connectivity index (χ1v) is 3.83. The van der Waals surface area contributed by atoms with Gasteiger partial charge in [-0.15, -0.1) is 0 Å². The number of hydrogen-bond donors (Lipinski definition) is 0. The van der Waals surface area contributed by atoms with Crippen LogP contribution in [0.5, 0.6) is 0 Å². The molecule has 0 radical (unpaired) electrons. The second kappa shape index (κ2) is 3.94. The molecule has 0 bridgehead atoms. The Hall–Kier alpha value is -1.26. The maximum absolute atomic E-state index is 9.94. The third kappa shape index (κ3) is 2.11. The lowest BCUT2D eigenvalue weighted by atomic mass is 10.1. The van der Waals surface area contributed by atoms with E-state index in [4.69, 9.17) is 11.6 Å². The molecule has 0 heterocycles. The number of halogens is 1. The van der Waals surface area contributed by atoms with Crippen LogP contribution in [-0.4, -0.2) is 6.29 Å². The van der Waals surface area contributed by atoms with E-state index in [1.807, 2.05) is 19.1 Å². The van der Waals surface area contributed by atoms with Crippen molar-refractivity contribution in [3.8, 4) is 11.8 Å². The van der Waals surface area contributed by atoms with Crippen molar-refractivity contribution in [2.75, 3.05) is 0 Å². The van der Waals surface area contributed by atoms with E-state index in [0.717, 1.165) is 5.56 Å². The van der Waals surface area contributed by atoms with Gasteiger partial charge >= 0.3 is 0 Å². The Balaban J connectivity index is 3.09. The normalized spacial score (nSPS) is 8.50. The summed E-state index contributed by atoms with van der Waals surface area (Å²) in [5.74, 6) is 4.95. The van der Waals surface area contributed by atoms with Crippen LogP contribution >= 0.6 is 11.6 Å². The van der Waals surface area contributed by atoms with Gasteiger partial charge in [-0.1, -0.05) is 23.6 Å². The largest absolute Gasteiger partial charge is 0.289 e. The van der Waals surface area contributed by atoms with Crippen molar-refractivity contribution in [1.82, 2.24) is 0 Å². The van der Waals surface area contributed by atoms with Crippen LogP contribution in [0.1, 0.15) is 11.1 Å². The minimum Gasteiger partial charge on any atom is -0.289 e. The Kier molecular flexibility index (Phi) is 2.90. The molecule has 1 rings (SSSR count). The van der Waals surface area contributed by atoms with Crippen molar-refractivity contribution < 1.29 is 4.79 Å². The molecule has 0 spiro atoms. The van der Waals surface area contributed by atoms with Gasteiger partial charge in [-0.3, -0.25) is 4.79 Å². The van der Waals surface area contributed by atoms with E-state index in [2.05, 4.69) is 11.8 Å². The van der Waals surface area contributed by atoms with E-state index in [9.17, 15) is 4.79 Å². The van der Waals surface area contributed by atoms with Crippen LogP contribution in [0.15, 0.2) is 18.2 Å². The molecule has 0 saturated carbocycles. The highest BCUT2D eigenvalue weighted by Crippen LogP contribution is 2.15. The van der Waals surface area contributed by atoms with Gasteiger partial charge in [0.25, 0.3) is 0 Å². The fourth-order valence-corrected chi connectivity index (χ4v) is 1.11. The van der Waals surface area contributed by atoms with Crippen LogP contribution in [0, 0.1) is 18.8 Å². The van der Waals surface area contributed by atoms with Gasteiger partial charge in [-0.25, -0.2) is 0 Å². The van der Waals surface area contributed by atoms with E-state index >= 15 is 0 Å². The topological polar surface area (TPSA) is 17.1 Å². The first kappa shape index (κ1) is 8.83. The van der Waals surface area contributed by atoms with Crippen LogP contribution in [0.2, 0.25) is 5.02 Å². The Morgan fingerprint density at radius 2 is 2.25 bits per heavy atom. The van der Waals surface area contributed by atoms with Crippen molar-refractivity contribution in [3.63, 3.8) is 0 Å². The van der Waals surface area contributed by atoms with Gasteiger partial charge in [0.05, 0.1) is 5.02 Å². The molecule has 0 fully saturated rings. The second-order valence-corrected chi connectivity index (χ2v) is 2.78. The highest BCUT2D eigenvalue weighted by atomic mass is 35.5. The van der Waals surface area contributed by atoms with Gasteiger partial charge in [0.15, 0.2) is 6.29 Å². The molecular formula is C10H7ClO. The van der Waals surface area contributed by atoms with Crippen LogP contribution in [0.4, 0.5) is 0 Å². The summed E-state index contributed by atoms with van der Waals surface area (Å²) >= 11 is 5.85. The number of aldehydes is 1. The standard InChI is InChI=1S/C10H7ClO/c1-8-4-5-9(3-2-6-12)10(11)7-8/h4-7H,1H3. The summed E-state index contributed by atoms with van der Waals surface area (Å²) in [4.78, 5) is 9.94. The van der Waals surface area contributed by atoms with Gasteiger partial charge in [0, 0.05) is 5.56 Å². The molecule has 0 aromatic heterocycles. The maximum Gasteiger partial charge on any atom is 0.193 e. The number of carbonyl (C=O) groups is 1. The van der Waals surface area contributed by atoms with Crippen molar-refractivity contribution in [3.05, 3.63) is 34.3 Å². The molecule has 2 heteroatoms. The Morgan fingerprint density at radius 1 is 1.50 bits per heavy atom. The molecule has 1 aromatic carbocycles. The summed E-state index contributed by atoms with van der Waals surface area (Å²) in [6.07, 6.45) is 0.552. The Bertz CT molecular complexity index is 358. The highest BCUT2D eigenvalue weighted by Gasteiger charge is 1.95. The molecule has 0 aliphatic carbocycles. The summed E-state index contributed by atoms with van der Waals surface area (Å²) in [6.45, 7) is 1.95. The SMILES string of the molecule is Cc1ccc(C#CC=O)c(Cl)c1. The summed E-state index contributed by atoms with van der Waals surface area (Å²) < 4.78 is 0. The van der Waals surface area contributed by atoms with Gasteiger partial charge in [0.2, 0.25) is 0 Å². The second-order valence-electron chi connectivity index (χ2n) is 2.37. The first-order valence-electron chi connectivity index (χ1n) is 3.45. The number of hydrogen-bond acceptors (Lipinski definition) is 1. The van der Waals surface area contributed by atoms with Crippen LogP contribution in [0.3, 0.4) is 0 Å². The Morgan fingerprint density at radius 3 is 2.83 bits per heavy atom. The molecule has 0 N–H and O–H groups in total. The van der Waals surface area contributed by atoms with Crippen molar-refractivity contribution in [2.45, 2.75) is 6.92 Å². The number of carbonyl (C=O) groups excluding carboxylic acids is 1. The number of aryl methyl sites for hydroxylation is 1. The molecule has 0 aliphatic heterocycles. The fraction of sp³-hybridized carbons (Fsp3) is 0.100. The van der Waals surface area contributed by atoms with Gasteiger partial charge < -0.3 is 0 Å². The predicted octanol–water partition coefficient (Wildman–Crippen LogP) is 2.20. The first-order chi connectivity index (χ1) is 5.74. The molecule has 0 aliphatic rings. The molecule has 12 heavy (non-hydrogen) atoms. The van der Waals surface area contributed by atoms with E-state index in [0.29, 0.717) is 16.9 Å². The lowest BCUT2D eigenvalue weighted by Crippen LogP contribution is -1.78. The molecule has 1 aromatic rings. The summed E-state index contributed by atoms with van der Waals surface area (Å²) in [5.41, 5.74) is 1.77. The number of rotatable bonds is 0. The molecule has 0 atom stereocenters. The lowest BCUT2D eigenvalue weighted by Gasteiger charge is -1.95. The summed E-state index contributed by atoms with van der Waals surface area (Å²) in [6, 6.07) is 5.52.